The number of anilines is 2. The van der Waals surface area contributed by atoms with E-state index in [1.807, 2.05) is 24.3 Å². The standard InChI is InChI=1S/C16H14BrN5O3S2/c1-9-12(6-7-13(18-9)10-4-3-5-11(17)8-10)14(23)19-15-20-21-16(26-15)22-27(2,24)25/h3-8H,1-2H3,(H,21,22)(H,19,20,23). The molecule has 1 aromatic carbocycles. The van der Waals surface area contributed by atoms with Gasteiger partial charge in [0.25, 0.3) is 5.91 Å². The van der Waals surface area contributed by atoms with Gasteiger partial charge in [-0.1, -0.05) is 39.4 Å². The van der Waals surface area contributed by atoms with E-state index in [0.29, 0.717) is 11.3 Å². The lowest BCUT2D eigenvalue weighted by molar-refractivity contribution is 0.102. The maximum Gasteiger partial charge on any atom is 0.259 e. The smallest absolute Gasteiger partial charge is 0.259 e. The third kappa shape index (κ3) is 5.08. The van der Waals surface area contributed by atoms with Crippen molar-refractivity contribution in [1.29, 1.82) is 0 Å². The number of amides is 1. The lowest BCUT2D eigenvalue weighted by Crippen LogP contribution is -2.14. The van der Waals surface area contributed by atoms with Crippen molar-refractivity contribution in [1.82, 2.24) is 15.2 Å². The Morgan fingerprint density at radius 3 is 2.56 bits per heavy atom. The van der Waals surface area contributed by atoms with E-state index in [0.717, 1.165) is 33.3 Å². The fourth-order valence-corrected chi connectivity index (χ4v) is 4.12. The number of halogens is 1. The van der Waals surface area contributed by atoms with Crippen LogP contribution in [0.3, 0.4) is 0 Å². The summed E-state index contributed by atoms with van der Waals surface area (Å²) in [7, 11) is -3.45. The zero-order chi connectivity index (χ0) is 19.6. The Labute approximate surface area is 168 Å². The fraction of sp³-hybridized carbons (Fsp3) is 0.125. The van der Waals surface area contributed by atoms with E-state index in [4.69, 9.17) is 0 Å². The Hall–Kier alpha value is -2.37. The first-order valence-corrected chi connectivity index (χ1v) is 11.1. The van der Waals surface area contributed by atoms with Gasteiger partial charge in [0.05, 0.1) is 23.2 Å². The van der Waals surface area contributed by atoms with Gasteiger partial charge < -0.3 is 0 Å². The number of benzene rings is 1. The summed E-state index contributed by atoms with van der Waals surface area (Å²) in [5, 5.41) is 10.3. The van der Waals surface area contributed by atoms with Crippen molar-refractivity contribution in [3.63, 3.8) is 0 Å². The molecule has 0 radical (unpaired) electrons. The van der Waals surface area contributed by atoms with Crippen LogP contribution >= 0.6 is 27.3 Å². The Bertz CT molecular complexity index is 1110. The van der Waals surface area contributed by atoms with Gasteiger partial charge in [0.15, 0.2) is 0 Å². The Balaban J connectivity index is 1.77. The molecular formula is C16H14BrN5O3S2. The van der Waals surface area contributed by atoms with Crippen LogP contribution in [0, 0.1) is 6.92 Å². The molecule has 0 fully saturated rings. The van der Waals surface area contributed by atoms with Crippen LogP contribution in [0.4, 0.5) is 10.3 Å². The molecule has 2 aromatic heterocycles. The molecule has 2 heterocycles. The highest BCUT2D eigenvalue weighted by molar-refractivity contribution is 9.10. The zero-order valence-corrected chi connectivity index (χ0v) is 17.4. The molecule has 27 heavy (non-hydrogen) atoms. The molecule has 3 rings (SSSR count). The van der Waals surface area contributed by atoms with Crippen LogP contribution in [0.2, 0.25) is 0 Å². The number of hydrogen-bond donors (Lipinski definition) is 2. The molecule has 2 N–H and O–H groups in total. The number of pyridine rings is 1. The molecular weight excluding hydrogens is 454 g/mol. The van der Waals surface area contributed by atoms with Gasteiger partial charge in [0, 0.05) is 10.0 Å². The molecule has 3 aromatic rings. The number of hydrogen-bond acceptors (Lipinski definition) is 7. The fourth-order valence-electron chi connectivity index (χ4n) is 2.25. The van der Waals surface area contributed by atoms with Crippen molar-refractivity contribution in [2.45, 2.75) is 6.92 Å². The van der Waals surface area contributed by atoms with Gasteiger partial charge in [-0.3, -0.25) is 19.8 Å². The van der Waals surface area contributed by atoms with E-state index in [1.54, 1.807) is 19.1 Å². The Morgan fingerprint density at radius 1 is 1.15 bits per heavy atom. The van der Waals surface area contributed by atoms with Crippen molar-refractivity contribution in [2.24, 2.45) is 0 Å². The number of aromatic nitrogens is 3. The number of nitrogens with one attached hydrogen (secondary N) is 2. The second-order valence-corrected chi connectivity index (χ2v) is 9.22. The van der Waals surface area contributed by atoms with Crippen molar-refractivity contribution in [2.75, 3.05) is 16.3 Å². The summed E-state index contributed by atoms with van der Waals surface area (Å²) >= 11 is 4.35. The van der Waals surface area contributed by atoms with Gasteiger partial charge in [0.1, 0.15) is 0 Å². The van der Waals surface area contributed by atoms with Crippen LogP contribution in [-0.4, -0.2) is 35.8 Å². The van der Waals surface area contributed by atoms with Gasteiger partial charge in [0.2, 0.25) is 20.3 Å². The van der Waals surface area contributed by atoms with E-state index in [1.165, 1.54) is 0 Å². The zero-order valence-electron chi connectivity index (χ0n) is 14.2. The molecule has 140 valence electrons. The lowest BCUT2D eigenvalue weighted by atomic mass is 10.1. The summed E-state index contributed by atoms with van der Waals surface area (Å²) in [6, 6.07) is 11.2. The molecule has 0 aliphatic carbocycles. The average Bonchev–Trinajstić information content (AvgIpc) is 2.99. The minimum atomic E-state index is -3.45. The first-order chi connectivity index (χ1) is 12.7. The highest BCUT2D eigenvalue weighted by Crippen LogP contribution is 2.24. The quantitative estimate of drug-likeness (QED) is 0.594. The summed E-state index contributed by atoms with van der Waals surface area (Å²) in [6.45, 7) is 1.74. The summed E-state index contributed by atoms with van der Waals surface area (Å²) in [4.78, 5) is 17.0. The predicted octanol–water partition coefficient (Wildman–Crippen LogP) is 3.29. The predicted molar refractivity (Wildman–Crippen MR) is 108 cm³/mol. The largest absolute Gasteiger partial charge is 0.296 e. The Kier molecular flexibility index (Phi) is 5.53. The minimum Gasteiger partial charge on any atom is -0.296 e. The highest BCUT2D eigenvalue weighted by atomic mass is 79.9. The van der Waals surface area contributed by atoms with Crippen LogP contribution in [0.15, 0.2) is 40.9 Å². The second kappa shape index (κ2) is 7.71. The number of carbonyl (C=O) groups excluding carboxylic acids is 1. The van der Waals surface area contributed by atoms with Crippen LogP contribution in [0.25, 0.3) is 11.3 Å². The number of aryl methyl sites for hydroxylation is 1. The van der Waals surface area contributed by atoms with Gasteiger partial charge in [-0.25, -0.2) is 8.42 Å². The van der Waals surface area contributed by atoms with Crippen LogP contribution < -0.4 is 10.0 Å². The van der Waals surface area contributed by atoms with E-state index >= 15 is 0 Å². The van der Waals surface area contributed by atoms with Gasteiger partial charge in [-0.05, 0) is 31.2 Å². The number of sulfonamides is 1. The van der Waals surface area contributed by atoms with Crippen molar-refractivity contribution >= 4 is 53.5 Å². The van der Waals surface area contributed by atoms with Crippen molar-refractivity contribution in [3.8, 4) is 11.3 Å². The Morgan fingerprint density at radius 2 is 1.89 bits per heavy atom. The monoisotopic (exact) mass is 467 g/mol. The molecule has 0 saturated carbocycles. The molecule has 0 aliphatic heterocycles. The SMILES string of the molecule is Cc1nc(-c2cccc(Br)c2)ccc1C(=O)Nc1nnc(NS(C)(=O)=O)s1. The van der Waals surface area contributed by atoms with Crippen molar-refractivity contribution < 1.29 is 13.2 Å². The van der Waals surface area contributed by atoms with Crippen LogP contribution in [-0.2, 0) is 10.0 Å². The summed E-state index contributed by atoms with van der Waals surface area (Å²) in [6.07, 6.45) is 1.01. The molecule has 0 aliphatic rings. The molecule has 0 unspecified atom stereocenters. The topological polar surface area (TPSA) is 114 Å². The molecule has 0 saturated heterocycles. The molecule has 11 heteroatoms. The first-order valence-electron chi connectivity index (χ1n) is 7.57. The second-order valence-electron chi connectivity index (χ2n) is 5.58. The lowest BCUT2D eigenvalue weighted by Gasteiger charge is -2.08. The van der Waals surface area contributed by atoms with Crippen LogP contribution in [0.1, 0.15) is 16.1 Å². The molecule has 1 amide bonds. The maximum absolute atomic E-state index is 12.5. The van der Waals surface area contributed by atoms with E-state index < -0.39 is 15.9 Å². The van der Waals surface area contributed by atoms with E-state index in [9.17, 15) is 13.2 Å². The number of nitrogens with zero attached hydrogens (tertiary/aromatic N) is 3. The number of carbonyl (C=O) groups is 1. The van der Waals surface area contributed by atoms with Crippen LogP contribution in [0.5, 0.6) is 0 Å². The minimum absolute atomic E-state index is 0.0765. The maximum atomic E-state index is 12.5. The summed E-state index contributed by atoms with van der Waals surface area (Å²) < 4.78 is 25.5. The molecule has 0 atom stereocenters. The third-order valence-corrected chi connectivity index (χ3v) is 5.31. The molecule has 0 bridgehead atoms. The third-order valence-electron chi connectivity index (χ3n) is 3.37. The first kappa shape index (κ1) is 19.4. The molecule has 8 nitrogen and oxygen atoms in total. The van der Waals surface area contributed by atoms with E-state index in [-0.39, 0.29) is 10.3 Å². The van der Waals surface area contributed by atoms with Gasteiger partial charge in [-0.2, -0.15) is 0 Å². The van der Waals surface area contributed by atoms with Crippen molar-refractivity contribution in [3.05, 3.63) is 52.1 Å². The van der Waals surface area contributed by atoms with E-state index in [2.05, 4.69) is 41.2 Å². The summed E-state index contributed by atoms with van der Waals surface area (Å²) in [5.41, 5.74) is 2.63. The average molecular weight is 468 g/mol. The number of rotatable bonds is 5. The van der Waals surface area contributed by atoms with Gasteiger partial charge >= 0.3 is 0 Å². The normalized spacial score (nSPS) is 11.2. The van der Waals surface area contributed by atoms with Gasteiger partial charge in [-0.15, -0.1) is 10.2 Å². The summed E-state index contributed by atoms with van der Waals surface area (Å²) in [5.74, 6) is -0.400. The molecule has 0 spiro atoms. The highest BCUT2D eigenvalue weighted by Gasteiger charge is 2.15.